The Morgan fingerprint density at radius 2 is 1.75 bits per heavy atom. The number of carbonyl (C=O) groups is 1. The standard InChI is InChI=1S/C35H36N2O6S/c1-7-41-34(39)31-23(5)36-35-37(32(31)26-14-17-28(43-21(2)3)29(19-26)40-6)33(38)30(44-35)18-24-12-15-27(16-13-24)42-20-25-10-8-22(4)9-11-25/h8-19,21,32H,7,20H2,1-6H3. The van der Waals surface area contributed by atoms with Crippen LogP contribution in [0.3, 0.4) is 0 Å². The number of ether oxygens (including phenoxy) is 4. The minimum atomic E-state index is -0.757. The number of fused-ring (bicyclic) bond motifs is 1. The van der Waals surface area contributed by atoms with E-state index in [1.165, 1.54) is 16.9 Å². The predicted octanol–water partition coefficient (Wildman–Crippen LogP) is 5.48. The molecule has 9 heteroatoms. The lowest BCUT2D eigenvalue weighted by Gasteiger charge is -2.25. The molecule has 44 heavy (non-hydrogen) atoms. The molecule has 1 aliphatic rings. The summed E-state index contributed by atoms with van der Waals surface area (Å²) in [4.78, 5) is 32.4. The SMILES string of the molecule is CCOC(=O)C1=C(C)N=c2sc(=Cc3ccc(OCc4ccc(C)cc4)cc3)c(=O)n2C1c1ccc(OC(C)C)c(OC)c1. The van der Waals surface area contributed by atoms with E-state index in [2.05, 4.69) is 36.2 Å². The van der Waals surface area contributed by atoms with E-state index in [1.807, 2.05) is 50.3 Å². The van der Waals surface area contributed by atoms with E-state index in [0.717, 1.165) is 16.9 Å². The normalized spacial score (nSPS) is 14.7. The highest BCUT2D eigenvalue weighted by atomic mass is 32.1. The molecular weight excluding hydrogens is 576 g/mol. The van der Waals surface area contributed by atoms with Crippen molar-refractivity contribution in [3.05, 3.63) is 120 Å². The van der Waals surface area contributed by atoms with Crippen molar-refractivity contribution in [2.75, 3.05) is 13.7 Å². The van der Waals surface area contributed by atoms with Gasteiger partial charge in [-0.3, -0.25) is 9.36 Å². The fraction of sp³-hybridized carbons (Fsp3) is 0.286. The van der Waals surface area contributed by atoms with E-state index in [1.54, 1.807) is 37.7 Å². The molecule has 5 rings (SSSR count). The first-order valence-corrected chi connectivity index (χ1v) is 15.3. The van der Waals surface area contributed by atoms with Crippen LogP contribution in [0.2, 0.25) is 0 Å². The molecule has 0 saturated carbocycles. The van der Waals surface area contributed by atoms with Crippen molar-refractivity contribution in [2.45, 2.75) is 53.4 Å². The van der Waals surface area contributed by atoms with Gasteiger partial charge < -0.3 is 18.9 Å². The number of carbonyl (C=O) groups excluding carboxylic acids is 1. The van der Waals surface area contributed by atoms with E-state index in [0.29, 0.717) is 44.3 Å². The number of thiazole rings is 1. The summed E-state index contributed by atoms with van der Waals surface area (Å²) in [5.74, 6) is 1.29. The number of nitrogens with zero attached hydrogens (tertiary/aromatic N) is 2. The Balaban J connectivity index is 1.52. The highest BCUT2D eigenvalue weighted by Gasteiger charge is 2.34. The number of esters is 1. The molecule has 3 aromatic carbocycles. The second-order valence-electron chi connectivity index (χ2n) is 10.7. The van der Waals surface area contributed by atoms with Crippen LogP contribution >= 0.6 is 11.3 Å². The summed E-state index contributed by atoms with van der Waals surface area (Å²) in [6.45, 7) is 10.1. The second kappa shape index (κ2) is 13.3. The van der Waals surface area contributed by atoms with Crippen molar-refractivity contribution in [2.24, 2.45) is 4.99 Å². The second-order valence-corrected chi connectivity index (χ2v) is 11.7. The molecule has 0 amide bonds. The Labute approximate surface area is 260 Å². The van der Waals surface area contributed by atoms with Crippen LogP contribution in [-0.2, 0) is 16.1 Å². The first kappa shape index (κ1) is 30.8. The van der Waals surface area contributed by atoms with Crippen LogP contribution in [0.1, 0.15) is 56.0 Å². The third-order valence-corrected chi connectivity index (χ3v) is 8.07. The lowest BCUT2D eigenvalue weighted by atomic mass is 9.95. The Morgan fingerprint density at radius 3 is 2.41 bits per heavy atom. The Hall–Kier alpha value is -4.63. The first-order chi connectivity index (χ1) is 21.2. The smallest absolute Gasteiger partial charge is 0.338 e. The van der Waals surface area contributed by atoms with E-state index in [4.69, 9.17) is 18.9 Å². The van der Waals surface area contributed by atoms with Gasteiger partial charge in [0.2, 0.25) is 0 Å². The van der Waals surface area contributed by atoms with E-state index >= 15 is 0 Å². The summed E-state index contributed by atoms with van der Waals surface area (Å²) < 4.78 is 24.9. The number of hydrogen-bond donors (Lipinski definition) is 0. The van der Waals surface area contributed by atoms with Crippen LogP contribution in [0.25, 0.3) is 6.08 Å². The van der Waals surface area contributed by atoms with E-state index in [-0.39, 0.29) is 18.3 Å². The lowest BCUT2D eigenvalue weighted by molar-refractivity contribution is -0.139. The molecule has 1 aliphatic heterocycles. The Bertz CT molecular complexity index is 1870. The van der Waals surface area contributed by atoms with Gasteiger partial charge in [0.1, 0.15) is 12.4 Å². The molecule has 0 aliphatic carbocycles. The molecule has 4 aromatic rings. The molecule has 0 radical (unpaired) electrons. The predicted molar refractivity (Wildman–Crippen MR) is 171 cm³/mol. The number of aromatic nitrogens is 1. The Kier molecular flexibility index (Phi) is 9.35. The monoisotopic (exact) mass is 612 g/mol. The van der Waals surface area contributed by atoms with E-state index in [9.17, 15) is 9.59 Å². The third-order valence-electron chi connectivity index (χ3n) is 7.09. The van der Waals surface area contributed by atoms with Crippen molar-refractivity contribution in [1.29, 1.82) is 0 Å². The molecule has 0 fully saturated rings. The number of benzene rings is 3. The van der Waals surface area contributed by atoms with Gasteiger partial charge >= 0.3 is 5.97 Å². The molecule has 0 bridgehead atoms. The van der Waals surface area contributed by atoms with Crippen molar-refractivity contribution in [1.82, 2.24) is 4.57 Å². The Morgan fingerprint density at radius 1 is 1.02 bits per heavy atom. The summed E-state index contributed by atoms with van der Waals surface area (Å²) in [5.41, 5.74) is 4.36. The molecule has 1 atom stereocenters. The first-order valence-electron chi connectivity index (χ1n) is 14.5. The molecule has 0 spiro atoms. The third kappa shape index (κ3) is 6.63. The van der Waals surface area contributed by atoms with Crippen molar-refractivity contribution in [3.63, 3.8) is 0 Å². The lowest BCUT2D eigenvalue weighted by Crippen LogP contribution is -2.40. The van der Waals surface area contributed by atoms with E-state index < -0.39 is 12.0 Å². The van der Waals surface area contributed by atoms with Crippen LogP contribution in [0.5, 0.6) is 17.2 Å². The summed E-state index contributed by atoms with van der Waals surface area (Å²) >= 11 is 1.28. The maximum absolute atomic E-state index is 14.0. The quantitative estimate of drug-likeness (QED) is 0.221. The molecule has 8 nitrogen and oxygen atoms in total. The summed E-state index contributed by atoms with van der Waals surface area (Å²) in [7, 11) is 1.56. The van der Waals surface area contributed by atoms with Gasteiger partial charge in [-0.25, -0.2) is 9.79 Å². The fourth-order valence-corrected chi connectivity index (χ4v) is 6.02. The van der Waals surface area contributed by atoms with Crippen molar-refractivity contribution >= 4 is 23.4 Å². The minimum Gasteiger partial charge on any atom is -0.493 e. The molecular formula is C35H36N2O6S. The van der Waals surface area contributed by atoms with Gasteiger partial charge in [0.25, 0.3) is 5.56 Å². The number of rotatable bonds is 10. The molecule has 1 unspecified atom stereocenters. The average Bonchev–Trinajstić information content (AvgIpc) is 3.30. The van der Waals surface area contributed by atoms with Gasteiger partial charge in [0, 0.05) is 0 Å². The number of hydrogen-bond acceptors (Lipinski definition) is 8. The zero-order valence-electron chi connectivity index (χ0n) is 25.7. The van der Waals surface area contributed by atoms with Crippen LogP contribution in [0, 0.1) is 6.92 Å². The minimum absolute atomic E-state index is 0.0570. The molecule has 228 valence electrons. The summed E-state index contributed by atoms with van der Waals surface area (Å²) in [5, 5.41) is 0. The molecule has 0 saturated heterocycles. The number of aryl methyl sites for hydroxylation is 1. The van der Waals surface area contributed by atoms with Gasteiger partial charge in [0.15, 0.2) is 16.3 Å². The number of methoxy groups -OCH3 is 1. The number of allylic oxidation sites excluding steroid dienone is 1. The largest absolute Gasteiger partial charge is 0.493 e. The van der Waals surface area contributed by atoms with Crippen LogP contribution in [0.4, 0.5) is 0 Å². The topological polar surface area (TPSA) is 88.4 Å². The molecule has 2 heterocycles. The maximum Gasteiger partial charge on any atom is 0.338 e. The van der Waals surface area contributed by atoms with Gasteiger partial charge in [-0.15, -0.1) is 0 Å². The summed E-state index contributed by atoms with van der Waals surface area (Å²) in [6, 6.07) is 20.5. The van der Waals surface area contributed by atoms with Gasteiger partial charge in [-0.1, -0.05) is 59.4 Å². The summed E-state index contributed by atoms with van der Waals surface area (Å²) in [6.07, 6.45) is 1.77. The maximum atomic E-state index is 14.0. The molecule has 1 aromatic heterocycles. The highest BCUT2D eigenvalue weighted by molar-refractivity contribution is 7.07. The highest BCUT2D eigenvalue weighted by Crippen LogP contribution is 2.36. The van der Waals surface area contributed by atoms with Crippen molar-refractivity contribution in [3.8, 4) is 17.2 Å². The average molecular weight is 613 g/mol. The molecule has 0 N–H and O–H groups in total. The van der Waals surface area contributed by atoms with Crippen LogP contribution < -0.4 is 29.1 Å². The zero-order valence-corrected chi connectivity index (χ0v) is 26.6. The fourth-order valence-electron chi connectivity index (χ4n) is 4.98. The van der Waals surface area contributed by atoms with Gasteiger partial charge in [0.05, 0.1) is 41.7 Å². The van der Waals surface area contributed by atoms with Crippen molar-refractivity contribution < 1.29 is 23.7 Å². The van der Waals surface area contributed by atoms with Crippen LogP contribution in [-0.4, -0.2) is 30.4 Å². The van der Waals surface area contributed by atoms with Crippen LogP contribution in [0.15, 0.2) is 87.8 Å². The van der Waals surface area contributed by atoms with Gasteiger partial charge in [-0.2, -0.15) is 0 Å². The zero-order chi connectivity index (χ0) is 31.4. The van der Waals surface area contributed by atoms with Gasteiger partial charge in [-0.05, 0) is 81.7 Å².